The van der Waals surface area contributed by atoms with Crippen molar-refractivity contribution in [1.29, 1.82) is 0 Å². The summed E-state index contributed by atoms with van der Waals surface area (Å²) < 4.78 is 0. The molecule has 8 nitrogen and oxygen atoms in total. The molecular formula is C19H26N8. The van der Waals surface area contributed by atoms with Crippen molar-refractivity contribution in [3.05, 3.63) is 18.6 Å². The summed E-state index contributed by atoms with van der Waals surface area (Å²) in [6, 6.07) is 2.49. The SMILES string of the molecule is CN(C1=NCC(NCC2CC2)=NC1)C1CCN(c2ncnc3[nH]ccc23)C1. The summed E-state index contributed by atoms with van der Waals surface area (Å²) in [4.78, 5) is 26.2. The standard InChI is InChI=1S/C19H26N8/c1-26(17-10-22-16(9-23-17)21-8-13-2-3-13)14-5-7-27(11-14)19-15-4-6-20-18(15)24-12-25-19/h4,6,12-14H,2-3,5,7-11H2,1H3,(H,21,22)(H,20,24,25). The second-order valence-corrected chi connectivity index (χ2v) is 7.76. The minimum atomic E-state index is 0.434. The number of likely N-dealkylation sites (N-methyl/N-ethyl adjacent to an activating group) is 1. The van der Waals surface area contributed by atoms with Gasteiger partial charge in [0.15, 0.2) is 0 Å². The summed E-state index contributed by atoms with van der Waals surface area (Å²) in [6.45, 7) is 4.36. The third-order valence-electron chi connectivity index (χ3n) is 5.87. The number of hydrogen-bond donors (Lipinski definition) is 2. The lowest BCUT2D eigenvalue weighted by Gasteiger charge is -2.29. The summed E-state index contributed by atoms with van der Waals surface area (Å²) in [5, 5.41) is 4.54. The Labute approximate surface area is 158 Å². The maximum absolute atomic E-state index is 4.79. The van der Waals surface area contributed by atoms with Crippen LogP contribution in [0.1, 0.15) is 19.3 Å². The van der Waals surface area contributed by atoms with Crippen molar-refractivity contribution in [2.24, 2.45) is 15.9 Å². The van der Waals surface area contributed by atoms with Crippen LogP contribution in [0.2, 0.25) is 0 Å². The molecule has 4 heterocycles. The number of fused-ring (bicyclic) bond motifs is 1. The minimum Gasteiger partial charge on any atom is -0.372 e. The van der Waals surface area contributed by atoms with E-state index in [0.717, 1.165) is 60.5 Å². The third kappa shape index (κ3) is 3.36. The van der Waals surface area contributed by atoms with E-state index in [1.165, 1.54) is 12.8 Å². The second kappa shape index (κ2) is 6.83. The van der Waals surface area contributed by atoms with Gasteiger partial charge in [-0.1, -0.05) is 0 Å². The highest BCUT2D eigenvalue weighted by atomic mass is 15.3. The Morgan fingerprint density at radius 2 is 2.15 bits per heavy atom. The molecule has 1 unspecified atom stereocenters. The lowest BCUT2D eigenvalue weighted by Crippen LogP contribution is -2.43. The first-order valence-corrected chi connectivity index (χ1v) is 9.84. The van der Waals surface area contributed by atoms with E-state index in [1.807, 2.05) is 6.20 Å². The van der Waals surface area contributed by atoms with Crippen LogP contribution in [0, 0.1) is 5.92 Å². The van der Waals surface area contributed by atoms with E-state index >= 15 is 0 Å². The Bertz CT molecular complexity index is 881. The van der Waals surface area contributed by atoms with E-state index in [0.29, 0.717) is 19.1 Å². The summed E-state index contributed by atoms with van der Waals surface area (Å²) in [7, 11) is 2.15. The van der Waals surface area contributed by atoms with Crippen molar-refractivity contribution in [2.45, 2.75) is 25.3 Å². The van der Waals surface area contributed by atoms with Gasteiger partial charge >= 0.3 is 0 Å². The molecule has 0 spiro atoms. The molecule has 1 saturated carbocycles. The number of nitrogens with one attached hydrogen (secondary N) is 2. The lowest BCUT2D eigenvalue weighted by atomic mass is 10.2. The van der Waals surface area contributed by atoms with Gasteiger partial charge in [0.25, 0.3) is 0 Å². The quantitative estimate of drug-likeness (QED) is 0.851. The van der Waals surface area contributed by atoms with E-state index in [4.69, 9.17) is 9.98 Å². The first-order chi connectivity index (χ1) is 13.3. The van der Waals surface area contributed by atoms with E-state index in [-0.39, 0.29) is 0 Å². The number of H-pyrrole nitrogens is 1. The van der Waals surface area contributed by atoms with Gasteiger partial charge in [-0.25, -0.2) is 9.97 Å². The highest BCUT2D eigenvalue weighted by molar-refractivity contribution is 5.95. The topological polar surface area (TPSA) is 84.8 Å². The molecule has 5 rings (SSSR count). The molecule has 8 heteroatoms. The fraction of sp³-hybridized carbons (Fsp3) is 0.579. The van der Waals surface area contributed by atoms with Gasteiger partial charge in [0.2, 0.25) is 0 Å². The van der Waals surface area contributed by atoms with Crippen molar-refractivity contribution in [3.8, 4) is 0 Å². The fourth-order valence-corrected chi connectivity index (χ4v) is 3.92. The Hall–Kier alpha value is -2.64. The molecule has 2 aromatic heterocycles. The van der Waals surface area contributed by atoms with Crippen LogP contribution in [0.4, 0.5) is 5.82 Å². The van der Waals surface area contributed by atoms with E-state index in [2.05, 4.69) is 43.2 Å². The summed E-state index contributed by atoms with van der Waals surface area (Å²) in [6.07, 6.45) is 7.38. The maximum Gasteiger partial charge on any atom is 0.142 e. The number of aliphatic imine (C=N–C) groups is 2. The average Bonchev–Trinajstić information content (AvgIpc) is 3.19. The van der Waals surface area contributed by atoms with Crippen molar-refractivity contribution in [3.63, 3.8) is 0 Å². The number of hydrogen-bond acceptors (Lipinski definition) is 7. The average molecular weight is 366 g/mol. The van der Waals surface area contributed by atoms with Crippen LogP contribution in [-0.4, -0.2) is 77.3 Å². The van der Waals surface area contributed by atoms with Crippen molar-refractivity contribution in [2.75, 3.05) is 44.7 Å². The number of anilines is 1. The summed E-state index contributed by atoms with van der Waals surface area (Å²) >= 11 is 0. The van der Waals surface area contributed by atoms with Gasteiger partial charge in [0, 0.05) is 38.9 Å². The van der Waals surface area contributed by atoms with Gasteiger partial charge in [0.05, 0.1) is 18.5 Å². The molecule has 0 radical (unpaired) electrons. The summed E-state index contributed by atoms with van der Waals surface area (Å²) in [5.41, 5.74) is 0.897. The van der Waals surface area contributed by atoms with Gasteiger partial charge in [0.1, 0.15) is 29.5 Å². The molecule has 27 heavy (non-hydrogen) atoms. The molecule has 1 aliphatic carbocycles. The van der Waals surface area contributed by atoms with Crippen LogP contribution >= 0.6 is 0 Å². The molecule has 0 amide bonds. The zero-order valence-electron chi connectivity index (χ0n) is 15.7. The van der Waals surface area contributed by atoms with Crippen LogP contribution in [0.5, 0.6) is 0 Å². The van der Waals surface area contributed by atoms with Gasteiger partial charge < -0.3 is 20.1 Å². The van der Waals surface area contributed by atoms with Gasteiger partial charge in [-0.15, -0.1) is 0 Å². The molecule has 2 fully saturated rings. The molecule has 1 saturated heterocycles. The Morgan fingerprint density at radius 1 is 1.22 bits per heavy atom. The van der Waals surface area contributed by atoms with Crippen LogP contribution in [-0.2, 0) is 0 Å². The van der Waals surface area contributed by atoms with E-state index in [9.17, 15) is 0 Å². The molecule has 1 atom stereocenters. The molecular weight excluding hydrogens is 340 g/mol. The normalized spacial score (nSPS) is 22.7. The van der Waals surface area contributed by atoms with Crippen LogP contribution in [0.25, 0.3) is 11.0 Å². The first kappa shape index (κ1) is 16.5. The van der Waals surface area contributed by atoms with Crippen LogP contribution < -0.4 is 10.2 Å². The monoisotopic (exact) mass is 366 g/mol. The highest BCUT2D eigenvalue weighted by Crippen LogP contribution is 2.28. The first-order valence-electron chi connectivity index (χ1n) is 9.84. The molecule has 0 aromatic carbocycles. The largest absolute Gasteiger partial charge is 0.372 e. The smallest absolute Gasteiger partial charge is 0.142 e. The predicted octanol–water partition coefficient (Wildman–Crippen LogP) is 1.28. The number of nitrogens with zero attached hydrogens (tertiary/aromatic N) is 6. The molecule has 142 valence electrons. The van der Waals surface area contributed by atoms with E-state index in [1.54, 1.807) is 6.33 Å². The molecule has 2 aromatic rings. The summed E-state index contributed by atoms with van der Waals surface area (Å²) in [5.74, 6) is 4.02. The Balaban J connectivity index is 1.21. The highest BCUT2D eigenvalue weighted by Gasteiger charge is 2.30. The predicted molar refractivity (Wildman–Crippen MR) is 108 cm³/mol. The van der Waals surface area contributed by atoms with Crippen molar-refractivity contribution in [1.82, 2.24) is 25.2 Å². The van der Waals surface area contributed by atoms with Crippen molar-refractivity contribution < 1.29 is 0 Å². The zero-order chi connectivity index (χ0) is 18.2. The Kier molecular flexibility index (Phi) is 4.18. The number of aromatic nitrogens is 3. The lowest BCUT2D eigenvalue weighted by molar-refractivity contribution is 0.386. The molecule has 2 N–H and O–H groups in total. The minimum absolute atomic E-state index is 0.434. The Morgan fingerprint density at radius 3 is 2.96 bits per heavy atom. The van der Waals surface area contributed by atoms with Crippen LogP contribution in [0.3, 0.4) is 0 Å². The second-order valence-electron chi connectivity index (χ2n) is 7.76. The molecule has 0 bridgehead atoms. The number of rotatable bonds is 4. The van der Waals surface area contributed by atoms with E-state index < -0.39 is 0 Å². The molecule has 3 aliphatic rings. The third-order valence-corrected chi connectivity index (χ3v) is 5.87. The van der Waals surface area contributed by atoms with Crippen LogP contribution in [0.15, 0.2) is 28.6 Å². The maximum atomic E-state index is 4.79. The number of aromatic amines is 1. The number of amidine groups is 2. The van der Waals surface area contributed by atoms with Crippen molar-refractivity contribution >= 4 is 28.5 Å². The zero-order valence-corrected chi connectivity index (χ0v) is 15.7. The van der Waals surface area contributed by atoms with Gasteiger partial charge in [-0.3, -0.25) is 9.98 Å². The fourth-order valence-electron chi connectivity index (χ4n) is 3.92. The van der Waals surface area contributed by atoms with Gasteiger partial charge in [-0.05, 0) is 31.2 Å². The van der Waals surface area contributed by atoms with Gasteiger partial charge in [-0.2, -0.15) is 0 Å². The molecule has 2 aliphatic heterocycles.